The van der Waals surface area contributed by atoms with Gasteiger partial charge >= 0.3 is 0 Å². The fourth-order valence-corrected chi connectivity index (χ4v) is 2.89. The van der Waals surface area contributed by atoms with Crippen molar-refractivity contribution in [3.63, 3.8) is 0 Å². The van der Waals surface area contributed by atoms with Crippen LogP contribution in [0.4, 0.5) is 5.69 Å². The molecule has 22 heavy (non-hydrogen) atoms. The number of nitrogen functional groups attached to an aromatic ring is 1. The number of amides is 1. The van der Waals surface area contributed by atoms with Crippen molar-refractivity contribution in [2.75, 3.05) is 52.7 Å². The first-order valence-corrected chi connectivity index (χ1v) is 7.56. The van der Waals surface area contributed by atoms with E-state index in [2.05, 4.69) is 4.90 Å². The molecule has 0 aromatic heterocycles. The zero-order valence-electron chi connectivity index (χ0n) is 13.3. The maximum absolute atomic E-state index is 12.5. The molecule has 1 unspecified atom stereocenters. The zero-order chi connectivity index (χ0) is 16.1. The van der Waals surface area contributed by atoms with E-state index in [1.54, 1.807) is 25.1 Å². The van der Waals surface area contributed by atoms with Gasteiger partial charge < -0.3 is 25.4 Å². The lowest BCUT2D eigenvalue weighted by Gasteiger charge is -2.22. The van der Waals surface area contributed by atoms with Crippen LogP contribution >= 0.6 is 0 Å². The Morgan fingerprint density at radius 3 is 3.05 bits per heavy atom. The van der Waals surface area contributed by atoms with Gasteiger partial charge in [-0.3, -0.25) is 4.79 Å². The van der Waals surface area contributed by atoms with Gasteiger partial charge in [0, 0.05) is 39.5 Å². The van der Waals surface area contributed by atoms with Gasteiger partial charge in [0.25, 0.3) is 5.91 Å². The molecule has 0 bridgehead atoms. The van der Waals surface area contributed by atoms with Crippen molar-refractivity contribution in [3.8, 4) is 5.75 Å². The van der Waals surface area contributed by atoms with Crippen molar-refractivity contribution in [1.29, 1.82) is 0 Å². The van der Waals surface area contributed by atoms with Gasteiger partial charge in [-0.25, -0.2) is 0 Å². The van der Waals surface area contributed by atoms with Crippen molar-refractivity contribution in [1.82, 2.24) is 9.80 Å². The summed E-state index contributed by atoms with van der Waals surface area (Å²) >= 11 is 0. The molecule has 0 spiro atoms. The number of phenolic OH excluding ortho intramolecular Hbond substituents is 1. The van der Waals surface area contributed by atoms with Gasteiger partial charge in [-0.2, -0.15) is 0 Å². The van der Waals surface area contributed by atoms with Crippen LogP contribution in [0.15, 0.2) is 18.2 Å². The second-order valence-electron chi connectivity index (χ2n) is 5.91. The first-order valence-electron chi connectivity index (χ1n) is 7.56. The van der Waals surface area contributed by atoms with Gasteiger partial charge in [0.05, 0.1) is 12.2 Å². The topological polar surface area (TPSA) is 79.0 Å². The minimum atomic E-state index is -0.149. The first-order chi connectivity index (χ1) is 10.5. The van der Waals surface area contributed by atoms with E-state index in [0.29, 0.717) is 23.7 Å². The Morgan fingerprint density at radius 1 is 1.55 bits per heavy atom. The van der Waals surface area contributed by atoms with Crippen LogP contribution in [0.3, 0.4) is 0 Å². The Balaban J connectivity index is 1.91. The van der Waals surface area contributed by atoms with Crippen LogP contribution in [0.25, 0.3) is 0 Å². The highest BCUT2D eigenvalue weighted by Gasteiger charge is 2.25. The monoisotopic (exact) mass is 307 g/mol. The third-order valence-electron chi connectivity index (χ3n) is 4.13. The predicted molar refractivity (Wildman–Crippen MR) is 85.9 cm³/mol. The molecule has 3 N–H and O–H groups in total. The molecule has 2 rings (SSSR count). The third-order valence-corrected chi connectivity index (χ3v) is 4.13. The van der Waals surface area contributed by atoms with Crippen LogP contribution in [0.1, 0.15) is 16.8 Å². The summed E-state index contributed by atoms with van der Waals surface area (Å²) in [6.07, 6.45) is 1.08. The molecule has 1 aliphatic heterocycles. The van der Waals surface area contributed by atoms with Gasteiger partial charge in [0.1, 0.15) is 5.75 Å². The van der Waals surface area contributed by atoms with Crippen molar-refractivity contribution in [2.45, 2.75) is 6.42 Å². The Kier molecular flexibility index (Phi) is 5.63. The number of rotatable bonds is 6. The van der Waals surface area contributed by atoms with Crippen molar-refractivity contribution >= 4 is 11.6 Å². The number of benzene rings is 1. The third kappa shape index (κ3) is 4.11. The molecule has 1 aromatic carbocycles. The number of aromatic hydroxyl groups is 1. The first kappa shape index (κ1) is 16.6. The number of phenols is 1. The standard InChI is InChI=1S/C16H25N3O3/c1-18(10-12-5-6-19(11-12)7-8-22-2)16(21)14-9-13(20)3-4-15(14)17/h3-4,9,12,20H,5-8,10-11,17H2,1-2H3. The number of methoxy groups -OCH3 is 1. The van der Waals surface area contributed by atoms with E-state index < -0.39 is 0 Å². The molecule has 6 nitrogen and oxygen atoms in total. The molecule has 1 amide bonds. The highest BCUT2D eigenvalue weighted by molar-refractivity contribution is 5.99. The fourth-order valence-electron chi connectivity index (χ4n) is 2.89. The number of nitrogens with two attached hydrogens (primary N) is 1. The van der Waals surface area contributed by atoms with E-state index in [4.69, 9.17) is 10.5 Å². The number of anilines is 1. The number of carbonyl (C=O) groups is 1. The number of hydrogen-bond acceptors (Lipinski definition) is 5. The van der Waals surface area contributed by atoms with Crippen LogP contribution in [0.5, 0.6) is 5.75 Å². The molecule has 1 aliphatic rings. The van der Waals surface area contributed by atoms with Crippen LogP contribution in [-0.2, 0) is 4.74 Å². The number of carbonyl (C=O) groups excluding carboxylic acids is 1. The van der Waals surface area contributed by atoms with Gasteiger partial charge in [0.15, 0.2) is 0 Å². The smallest absolute Gasteiger partial charge is 0.255 e. The van der Waals surface area contributed by atoms with Crippen LogP contribution in [0, 0.1) is 5.92 Å². The van der Waals surface area contributed by atoms with E-state index in [0.717, 1.165) is 32.7 Å². The maximum atomic E-state index is 12.5. The average molecular weight is 307 g/mol. The van der Waals surface area contributed by atoms with Crippen LogP contribution in [0.2, 0.25) is 0 Å². The van der Waals surface area contributed by atoms with Crippen molar-refractivity contribution in [3.05, 3.63) is 23.8 Å². The average Bonchev–Trinajstić information content (AvgIpc) is 2.94. The molecule has 1 saturated heterocycles. The molecule has 1 atom stereocenters. The number of nitrogens with zero attached hydrogens (tertiary/aromatic N) is 2. The Labute approximate surface area is 131 Å². The summed E-state index contributed by atoms with van der Waals surface area (Å²) in [7, 11) is 3.49. The van der Waals surface area contributed by atoms with E-state index in [9.17, 15) is 9.90 Å². The minimum Gasteiger partial charge on any atom is -0.508 e. The van der Waals surface area contributed by atoms with E-state index in [1.165, 1.54) is 12.1 Å². The zero-order valence-corrected chi connectivity index (χ0v) is 13.3. The molecule has 0 saturated carbocycles. The lowest BCUT2D eigenvalue weighted by molar-refractivity contribution is 0.0772. The molecule has 122 valence electrons. The summed E-state index contributed by atoms with van der Waals surface area (Å²) in [4.78, 5) is 16.5. The number of likely N-dealkylation sites (tertiary alicyclic amines) is 1. The van der Waals surface area contributed by atoms with E-state index >= 15 is 0 Å². The van der Waals surface area contributed by atoms with Gasteiger partial charge in [-0.15, -0.1) is 0 Å². The van der Waals surface area contributed by atoms with Crippen molar-refractivity contribution < 1.29 is 14.6 Å². The second-order valence-corrected chi connectivity index (χ2v) is 5.91. The summed E-state index contributed by atoms with van der Waals surface area (Å²) in [6, 6.07) is 4.46. The summed E-state index contributed by atoms with van der Waals surface area (Å²) in [5.41, 5.74) is 6.58. The summed E-state index contributed by atoms with van der Waals surface area (Å²) < 4.78 is 5.10. The van der Waals surface area contributed by atoms with Crippen LogP contribution < -0.4 is 5.73 Å². The molecule has 0 radical (unpaired) electrons. The van der Waals surface area contributed by atoms with Gasteiger partial charge in [0.2, 0.25) is 0 Å². The Morgan fingerprint density at radius 2 is 2.32 bits per heavy atom. The highest BCUT2D eigenvalue weighted by atomic mass is 16.5. The molecule has 1 fully saturated rings. The lowest BCUT2D eigenvalue weighted by atomic mass is 10.1. The quantitative estimate of drug-likeness (QED) is 0.606. The largest absolute Gasteiger partial charge is 0.508 e. The number of hydrogen-bond donors (Lipinski definition) is 2. The molecule has 1 aromatic rings. The van der Waals surface area contributed by atoms with Crippen molar-refractivity contribution in [2.24, 2.45) is 5.92 Å². The molecule has 6 heteroatoms. The molecular formula is C16H25N3O3. The predicted octanol–water partition coefficient (Wildman–Crippen LogP) is 1.01. The Bertz CT molecular complexity index is 521. The summed E-state index contributed by atoms with van der Waals surface area (Å²) in [5, 5.41) is 9.52. The SMILES string of the molecule is COCCN1CCC(CN(C)C(=O)c2cc(O)ccc2N)C1. The summed E-state index contributed by atoms with van der Waals surface area (Å²) in [6.45, 7) is 4.39. The molecule has 1 heterocycles. The molecular weight excluding hydrogens is 282 g/mol. The minimum absolute atomic E-state index is 0.0533. The Hall–Kier alpha value is -1.79. The van der Waals surface area contributed by atoms with Crippen LogP contribution in [-0.4, -0.2) is 67.8 Å². The highest BCUT2D eigenvalue weighted by Crippen LogP contribution is 2.22. The van der Waals surface area contributed by atoms with E-state index in [-0.39, 0.29) is 11.7 Å². The number of ether oxygens (including phenoxy) is 1. The maximum Gasteiger partial charge on any atom is 0.255 e. The lowest BCUT2D eigenvalue weighted by Crippen LogP contribution is -2.34. The van der Waals surface area contributed by atoms with E-state index in [1.807, 2.05) is 0 Å². The van der Waals surface area contributed by atoms with Gasteiger partial charge in [-0.05, 0) is 37.1 Å². The summed E-state index contributed by atoms with van der Waals surface area (Å²) in [5.74, 6) is 0.366. The molecule has 0 aliphatic carbocycles. The normalized spacial score (nSPS) is 18.5. The van der Waals surface area contributed by atoms with Gasteiger partial charge in [-0.1, -0.05) is 0 Å². The fraction of sp³-hybridized carbons (Fsp3) is 0.562. The second kappa shape index (κ2) is 7.47.